The van der Waals surface area contributed by atoms with E-state index >= 15 is 0 Å². The van der Waals surface area contributed by atoms with Crippen molar-refractivity contribution in [3.63, 3.8) is 0 Å². The molecule has 0 aliphatic heterocycles. The molecule has 221 valence electrons. The second kappa shape index (κ2) is 17.5. The second-order valence-electron chi connectivity index (χ2n) is 10.0. The van der Waals surface area contributed by atoms with E-state index in [2.05, 4.69) is 167 Å². The maximum absolute atomic E-state index is 5.09. The molecule has 0 saturated heterocycles. The minimum absolute atomic E-state index is 0.193. The third-order valence-electron chi connectivity index (χ3n) is 7.03. The summed E-state index contributed by atoms with van der Waals surface area (Å²) in [4.78, 5) is 0. The molecule has 0 aliphatic carbocycles. The van der Waals surface area contributed by atoms with Gasteiger partial charge in [0.15, 0.2) is 8.07 Å². The molecule has 5 aromatic carbocycles. The molecular formula is C36H38ClN3P2Ru+. The molecule has 6 aromatic rings. The van der Waals surface area contributed by atoms with Gasteiger partial charge in [0.1, 0.15) is 22.0 Å². The van der Waals surface area contributed by atoms with E-state index in [4.69, 9.17) is 5.10 Å². The molecule has 0 amide bonds. The minimum Gasteiger partial charge on any atom is -0.214 e. The van der Waals surface area contributed by atoms with Crippen LogP contribution < -0.4 is 15.9 Å². The first-order valence-electron chi connectivity index (χ1n) is 14.2. The Morgan fingerprint density at radius 3 is 1.51 bits per heavy atom. The van der Waals surface area contributed by atoms with Gasteiger partial charge < -0.3 is 0 Å². The molecule has 0 saturated carbocycles. The van der Waals surface area contributed by atoms with Crippen molar-refractivity contribution in [1.29, 1.82) is 0 Å². The predicted molar refractivity (Wildman–Crippen MR) is 187 cm³/mol. The van der Waals surface area contributed by atoms with Crippen molar-refractivity contribution in [2.24, 2.45) is 0 Å². The summed E-state index contributed by atoms with van der Waals surface area (Å²) in [7, 11) is 1.70. The van der Waals surface area contributed by atoms with Gasteiger partial charge in [-0.3, -0.25) is 0 Å². The van der Waals surface area contributed by atoms with E-state index in [1.165, 1.54) is 27.2 Å². The maximum atomic E-state index is 5.09. The molecule has 0 N–H and O–H groups in total. The number of benzene rings is 4. The van der Waals surface area contributed by atoms with E-state index in [0.717, 1.165) is 5.69 Å². The molecule has 43 heavy (non-hydrogen) atoms. The molecule has 1 heterocycles. The molecule has 7 heteroatoms. The van der Waals surface area contributed by atoms with Crippen LogP contribution in [0.5, 0.6) is 0 Å². The van der Waals surface area contributed by atoms with Crippen molar-refractivity contribution >= 4 is 41.9 Å². The fourth-order valence-electron chi connectivity index (χ4n) is 5.12. The van der Waals surface area contributed by atoms with Crippen molar-refractivity contribution in [3.05, 3.63) is 175 Å². The van der Waals surface area contributed by atoms with E-state index in [1.807, 2.05) is 47.6 Å². The van der Waals surface area contributed by atoms with Crippen LogP contribution in [-0.2, 0) is 17.3 Å². The second-order valence-corrected chi connectivity index (χ2v) is 14.9. The van der Waals surface area contributed by atoms with Gasteiger partial charge in [-0.25, -0.2) is 12.1 Å². The Morgan fingerprint density at radius 2 is 1.12 bits per heavy atom. The summed E-state index contributed by atoms with van der Waals surface area (Å²) in [5.41, 5.74) is 3.59. The molecule has 0 spiro atoms. The Balaban J connectivity index is 0.000000540. The van der Waals surface area contributed by atoms with Gasteiger partial charge in [-0.05, 0) is 73.2 Å². The van der Waals surface area contributed by atoms with Gasteiger partial charge in [0.05, 0.1) is 11.4 Å². The molecule has 0 radical (unpaired) electrons. The summed E-state index contributed by atoms with van der Waals surface area (Å²) in [6, 6.07) is 56.5. The van der Waals surface area contributed by atoms with Crippen LogP contribution in [0.15, 0.2) is 158 Å². The van der Waals surface area contributed by atoms with E-state index in [1.54, 1.807) is 0 Å². The van der Waals surface area contributed by atoms with Crippen molar-refractivity contribution in [1.82, 2.24) is 14.0 Å². The van der Waals surface area contributed by atoms with Crippen LogP contribution in [0.2, 0.25) is 0 Å². The molecule has 2 unspecified atom stereocenters. The Kier molecular flexibility index (Phi) is 13.4. The van der Waals surface area contributed by atoms with E-state index < -0.39 is 16.3 Å². The molecule has 3 nitrogen and oxygen atoms in total. The molecule has 1 aromatic heterocycles. The topological polar surface area (TPSA) is 21.1 Å². The standard InChI is InChI=1S/C31H31N3P2.C5H5.ClH.Ru/c1-25-24-26(2)33(32-25)36(31-22-14-7-15-23-31)34(27(3)28-16-8-4-9-17-28)35(29-18-10-5-11-19-29)30-20-12-6-13-21-30;1-2-4-5-3-1;;/h4-24,27H,1-3H3;1-5H;1H;/q;-1;;+1/p+1. The van der Waals surface area contributed by atoms with E-state index in [0.29, 0.717) is 0 Å². The first-order valence-corrected chi connectivity index (χ1v) is 19.3. The monoisotopic (exact) mass is 711 g/mol. The number of aryl methyl sites for hydroxylation is 2. The van der Waals surface area contributed by atoms with Crippen LogP contribution in [0, 0.1) is 13.8 Å². The van der Waals surface area contributed by atoms with Crippen LogP contribution in [0.4, 0.5) is 0 Å². The summed E-state index contributed by atoms with van der Waals surface area (Å²) in [6.45, 7) is 6.65. The molecule has 0 fully saturated rings. The largest absolute Gasteiger partial charge is 0.214 e. The Hall–Kier alpha value is -2.83. The summed E-state index contributed by atoms with van der Waals surface area (Å²) >= 11 is 1.82. The van der Waals surface area contributed by atoms with Crippen LogP contribution in [-0.4, -0.2) is 14.0 Å². The zero-order valence-corrected chi connectivity index (χ0v) is 29.2. The molecule has 0 bridgehead atoms. The average Bonchev–Trinajstić information content (AvgIpc) is 3.77. The van der Waals surface area contributed by atoms with Crippen LogP contribution in [0.3, 0.4) is 0 Å². The average molecular weight is 711 g/mol. The molecule has 2 atom stereocenters. The number of halogens is 1. The van der Waals surface area contributed by atoms with Gasteiger partial charge in [-0.1, -0.05) is 84.9 Å². The first kappa shape index (κ1) is 33.1. The quantitative estimate of drug-likeness (QED) is 0.0896. The zero-order chi connectivity index (χ0) is 30.4. The van der Waals surface area contributed by atoms with Crippen molar-refractivity contribution in [2.45, 2.75) is 26.8 Å². The summed E-state index contributed by atoms with van der Waals surface area (Å²) in [5, 5.41) is 9.20. The van der Waals surface area contributed by atoms with Gasteiger partial charge in [0.25, 0.3) is 8.22 Å². The smallest absolute Gasteiger partial charge is 0.172 e. The van der Waals surface area contributed by atoms with Crippen LogP contribution in [0.25, 0.3) is 0 Å². The number of hydrogen-bond acceptors (Lipinski definition) is 2. The number of aromatic nitrogens is 2. The number of rotatable bonds is 8. The normalized spacial score (nSPS) is 12.1. The summed E-state index contributed by atoms with van der Waals surface area (Å²) < 4.78 is 5.15. The Labute approximate surface area is 273 Å². The Bertz CT molecular complexity index is 1530. The third-order valence-corrected chi connectivity index (χ3v) is 13.5. The summed E-state index contributed by atoms with van der Waals surface area (Å²) in [5.74, 6) is 0. The fraction of sp³-hybridized carbons (Fsp3) is 0.111. The number of hydrogen-bond donors (Lipinski definition) is 0. The Morgan fingerprint density at radius 1 is 0.674 bits per heavy atom. The maximum Gasteiger partial charge on any atom is -0.172 e. The van der Waals surface area contributed by atoms with Gasteiger partial charge in [-0.15, -0.1) is 9.55 Å². The summed E-state index contributed by atoms with van der Waals surface area (Å²) in [6.07, 6.45) is 0. The van der Waals surface area contributed by atoms with Crippen molar-refractivity contribution in [2.75, 3.05) is 0 Å². The number of nitrogens with zero attached hydrogens (tertiary/aromatic N) is 3. The van der Waals surface area contributed by atoms with Crippen molar-refractivity contribution in [3.8, 4) is 0 Å². The van der Waals surface area contributed by atoms with Gasteiger partial charge in [0, 0.05) is 0 Å². The van der Waals surface area contributed by atoms with E-state index in [9.17, 15) is 0 Å². The molecular weight excluding hydrogens is 673 g/mol. The third kappa shape index (κ3) is 8.86. The fourth-order valence-corrected chi connectivity index (χ4v) is 12.2. The van der Waals surface area contributed by atoms with Gasteiger partial charge in [0.2, 0.25) is 0 Å². The SMILES string of the molecule is Cc1cc(C)n([PH+](c2ccccc2)N(C(C)c2ccccc2)[PH+](c2ccccc2)c2ccccc2)n1.[Cl][Ru].c1cc[cH-]c1. The van der Waals surface area contributed by atoms with E-state index in [-0.39, 0.29) is 6.04 Å². The van der Waals surface area contributed by atoms with Gasteiger partial charge in [-0.2, -0.15) is 18.2 Å². The molecule has 0 aliphatic rings. The van der Waals surface area contributed by atoms with Crippen LogP contribution >= 0.6 is 26.0 Å². The first-order chi connectivity index (χ1) is 21.1. The molecule has 6 rings (SSSR count). The zero-order valence-electron chi connectivity index (χ0n) is 24.7. The predicted octanol–water partition coefficient (Wildman–Crippen LogP) is 8.65. The van der Waals surface area contributed by atoms with Crippen LogP contribution in [0.1, 0.15) is 29.9 Å². The van der Waals surface area contributed by atoms with Gasteiger partial charge >= 0.3 is 27.0 Å². The van der Waals surface area contributed by atoms with Crippen molar-refractivity contribution < 1.29 is 17.3 Å². The minimum atomic E-state index is -1.50.